The molecular weight excluding hydrogens is 336 g/mol. The first-order chi connectivity index (χ1) is 13.2. The Morgan fingerprint density at radius 2 is 1.56 bits per heavy atom. The first kappa shape index (κ1) is 18.7. The Morgan fingerprint density at radius 1 is 0.815 bits per heavy atom. The highest BCUT2D eigenvalue weighted by molar-refractivity contribution is 5.69. The minimum absolute atomic E-state index is 0.165. The first-order valence-corrected chi connectivity index (χ1v) is 9.17. The lowest BCUT2D eigenvalue weighted by Gasteiger charge is -2.09. The summed E-state index contributed by atoms with van der Waals surface area (Å²) in [6.45, 7) is 0.528. The summed E-state index contributed by atoms with van der Waals surface area (Å²) in [6.07, 6.45) is 2.05. The van der Waals surface area contributed by atoms with Gasteiger partial charge < -0.3 is 9.47 Å². The van der Waals surface area contributed by atoms with E-state index in [9.17, 15) is 4.79 Å². The van der Waals surface area contributed by atoms with Gasteiger partial charge in [0, 0.05) is 6.42 Å². The molecule has 138 valence electrons. The number of benzene rings is 3. The molecule has 0 bridgehead atoms. The van der Waals surface area contributed by atoms with Gasteiger partial charge >= 0.3 is 5.97 Å². The van der Waals surface area contributed by atoms with Gasteiger partial charge in [0.05, 0.1) is 7.11 Å². The molecule has 3 heteroatoms. The lowest BCUT2D eigenvalue weighted by molar-refractivity contribution is -0.140. The van der Waals surface area contributed by atoms with Crippen LogP contribution in [0.15, 0.2) is 78.9 Å². The summed E-state index contributed by atoms with van der Waals surface area (Å²) in [5, 5.41) is 0. The molecule has 0 spiro atoms. The Hall–Kier alpha value is -3.07. The molecule has 0 radical (unpaired) electrons. The molecule has 0 aliphatic carbocycles. The number of esters is 1. The number of rotatable bonds is 8. The Bertz CT molecular complexity index is 854. The molecule has 0 aliphatic rings. The van der Waals surface area contributed by atoms with E-state index >= 15 is 0 Å². The van der Waals surface area contributed by atoms with Crippen molar-refractivity contribution in [2.75, 3.05) is 7.11 Å². The Kier molecular flexibility index (Phi) is 6.64. The molecule has 3 aromatic rings. The van der Waals surface area contributed by atoms with E-state index < -0.39 is 0 Å². The van der Waals surface area contributed by atoms with Crippen LogP contribution >= 0.6 is 0 Å². The first-order valence-electron chi connectivity index (χ1n) is 9.17. The zero-order valence-corrected chi connectivity index (χ0v) is 15.6. The predicted octanol–water partition coefficient (Wildman–Crippen LogP) is 5.43. The summed E-state index contributed by atoms with van der Waals surface area (Å²) in [7, 11) is 1.42. The largest absolute Gasteiger partial charge is 0.489 e. The summed E-state index contributed by atoms with van der Waals surface area (Å²) < 4.78 is 10.6. The van der Waals surface area contributed by atoms with Crippen molar-refractivity contribution in [2.24, 2.45) is 0 Å². The van der Waals surface area contributed by atoms with Crippen molar-refractivity contribution in [3.05, 3.63) is 90.0 Å². The van der Waals surface area contributed by atoms with Gasteiger partial charge in [-0.15, -0.1) is 0 Å². The molecule has 0 fully saturated rings. The van der Waals surface area contributed by atoms with Gasteiger partial charge in [-0.25, -0.2) is 0 Å². The van der Waals surface area contributed by atoms with Crippen molar-refractivity contribution in [1.29, 1.82) is 0 Å². The van der Waals surface area contributed by atoms with E-state index in [1.54, 1.807) is 0 Å². The van der Waals surface area contributed by atoms with Crippen molar-refractivity contribution in [3.63, 3.8) is 0 Å². The zero-order chi connectivity index (χ0) is 18.9. The fourth-order valence-electron chi connectivity index (χ4n) is 2.92. The maximum atomic E-state index is 11.2. The van der Waals surface area contributed by atoms with Crippen LogP contribution in [0.4, 0.5) is 0 Å². The molecular formula is C24H24O3. The van der Waals surface area contributed by atoms with Crippen LogP contribution < -0.4 is 4.74 Å². The summed E-state index contributed by atoms with van der Waals surface area (Å²) in [5.41, 5.74) is 4.71. The molecule has 0 heterocycles. The van der Waals surface area contributed by atoms with Crippen LogP contribution in [0, 0.1) is 0 Å². The molecule has 0 amide bonds. The van der Waals surface area contributed by atoms with E-state index in [2.05, 4.69) is 47.2 Å². The third-order valence-corrected chi connectivity index (χ3v) is 4.44. The van der Waals surface area contributed by atoms with Gasteiger partial charge in [-0.2, -0.15) is 0 Å². The number of ether oxygens (including phenoxy) is 2. The summed E-state index contributed by atoms with van der Waals surface area (Å²) in [5.74, 6) is 0.680. The third-order valence-electron chi connectivity index (χ3n) is 4.44. The van der Waals surface area contributed by atoms with Crippen molar-refractivity contribution < 1.29 is 14.3 Å². The Morgan fingerprint density at radius 3 is 2.30 bits per heavy atom. The van der Waals surface area contributed by atoms with Gasteiger partial charge in [-0.1, -0.05) is 66.7 Å². The van der Waals surface area contributed by atoms with Crippen molar-refractivity contribution in [3.8, 4) is 16.9 Å². The quantitative estimate of drug-likeness (QED) is 0.503. The molecule has 3 nitrogen and oxygen atoms in total. The molecule has 3 aromatic carbocycles. The zero-order valence-electron chi connectivity index (χ0n) is 15.6. The highest BCUT2D eigenvalue weighted by Gasteiger charge is 2.03. The topological polar surface area (TPSA) is 35.5 Å². The lowest BCUT2D eigenvalue weighted by Crippen LogP contribution is -2.00. The van der Waals surface area contributed by atoms with E-state index in [0.717, 1.165) is 29.7 Å². The Balaban J connectivity index is 1.54. The summed E-state index contributed by atoms with van der Waals surface area (Å²) in [4.78, 5) is 11.2. The maximum Gasteiger partial charge on any atom is 0.305 e. The van der Waals surface area contributed by atoms with Crippen LogP contribution in [0.3, 0.4) is 0 Å². The normalized spacial score (nSPS) is 10.4. The number of carbonyl (C=O) groups excluding carboxylic acids is 1. The monoisotopic (exact) mass is 360 g/mol. The number of carbonyl (C=O) groups is 1. The van der Waals surface area contributed by atoms with Crippen LogP contribution in [-0.4, -0.2) is 13.1 Å². The lowest BCUT2D eigenvalue weighted by atomic mass is 10.0. The van der Waals surface area contributed by atoms with Crippen molar-refractivity contribution in [2.45, 2.75) is 25.9 Å². The van der Waals surface area contributed by atoms with Crippen LogP contribution in [0.1, 0.15) is 24.0 Å². The van der Waals surface area contributed by atoms with Crippen molar-refractivity contribution >= 4 is 5.97 Å². The molecule has 0 aliphatic heterocycles. The fraction of sp³-hybridized carbons (Fsp3) is 0.208. The van der Waals surface area contributed by atoms with E-state index in [1.807, 2.05) is 36.4 Å². The van der Waals surface area contributed by atoms with Crippen LogP contribution in [0.2, 0.25) is 0 Å². The van der Waals surface area contributed by atoms with Gasteiger partial charge in [-0.3, -0.25) is 4.79 Å². The molecule has 0 saturated carbocycles. The van der Waals surface area contributed by atoms with Crippen LogP contribution in [0.5, 0.6) is 5.75 Å². The average molecular weight is 360 g/mol. The molecule has 0 N–H and O–H groups in total. The van der Waals surface area contributed by atoms with Gasteiger partial charge in [0.25, 0.3) is 0 Å². The van der Waals surface area contributed by atoms with Gasteiger partial charge in [0.1, 0.15) is 12.4 Å². The van der Waals surface area contributed by atoms with Crippen molar-refractivity contribution in [1.82, 2.24) is 0 Å². The molecule has 0 unspecified atom stereocenters. The highest BCUT2D eigenvalue weighted by atomic mass is 16.5. The molecule has 3 rings (SSSR count). The van der Waals surface area contributed by atoms with Gasteiger partial charge in [-0.05, 0) is 47.2 Å². The predicted molar refractivity (Wildman–Crippen MR) is 108 cm³/mol. The second-order valence-electron chi connectivity index (χ2n) is 6.43. The number of hydrogen-bond acceptors (Lipinski definition) is 3. The maximum absolute atomic E-state index is 11.2. The molecule has 0 aromatic heterocycles. The minimum Gasteiger partial charge on any atom is -0.489 e. The van der Waals surface area contributed by atoms with E-state index in [0.29, 0.717) is 13.0 Å². The fourth-order valence-corrected chi connectivity index (χ4v) is 2.92. The van der Waals surface area contributed by atoms with Crippen LogP contribution in [-0.2, 0) is 22.6 Å². The molecule has 0 saturated heterocycles. The number of hydrogen-bond donors (Lipinski definition) is 0. The summed E-state index contributed by atoms with van der Waals surface area (Å²) in [6, 6.07) is 26.8. The number of aryl methyl sites for hydroxylation is 1. The van der Waals surface area contributed by atoms with Gasteiger partial charge in [0.2, 0.25) is 0 Å². The molecule has 0 atom stereocenters. The molecule has 27 heavy (non-hydrogen) atoms. The minimum atomic E-state index is -0.165. The van der Waals surface area contributed by atoms with E-state index in [4.69, 9.17) is 4.74 Å². The Labute approximate surface area is 160 Å². The third kappa shape index (κ3) is 5.71. The van der Waals surface area contributed by atoms with Crippen LogP contribution in [0.25, 0.3) is 11.1 Å². The number of methoxy groups -OCH3 is 1. The average Bonchev–Trinajstić information content (AvgIpc) is 2.73. The van der Waals surface area contributed by atoms with E-state index in [-0.39, 0.29) is 5.97 Å². The smallest absolute Gasteiger partial charge is 0.305 e. The second kappa shape index (κ2) is 9.58. The SMILES string of the molecule is COC(=O)CCCc1cccc(OCc2ccc(-c3ccccc3)cc2)c1. The second-order valence-corrected chi connectivity index (χ2v) is 6.43. The van der Waals surface area contributed by atoms with E-state index in [1.165, 1.54) is 18.2 Å². The standard InChI is InChI=1S/C24H24O3/c1-26-24(25)12-6-8-19-7-5-11-23(17-19)27-18-20-13-15-22(16-14-20)21-9-3-2-4-10-21/h2-5,7,9-11,13-17H,6,8,12,18H2,1H3. The highest BCUT2D eigenvalue weighted by Crippen LogP contribution is 2.21. The van der Waals surface area contributed by atoms with Gasteiger partial charge in [0.15, 0.2) is 0 Å². The summed E-state index contributed by atoms with van der Waals surface area (Å²) >= 11 is 0.